The monoisotopic (exact) mass is 257 g/mol. The van der Waals surface area contributed by atoms with Gasteiger partial charge in [0.2, 0.25) is 0 Å². The van der Waals surface area contributed by atoms with E-state index in [1.807, 2.05) is 6.92 Å². The molecular formula is C16H23N3. The zero-order chi connectivity index (χ0) is 13.5. The molecule has 1 fully saturated rings. The van der Waals surface area contributed by atoms with Crippen molar-refractivity contribution in [2.45, 2.75) is 32.4 Å². The minimum Gasteiger partial charge on any atom is -0.311 e. The van der Waals surface area contributed by atoms with E-state index in [1.54, 1.807) is 0 Å². The molecule has 1 aliphatic heterocycles. The maximum atomic E-state index is 8.81. The first-order valence-corrected chi connectivity index (χ1v) is 7.17. The summed E-state index contributed by atoms with van der Waals surface area (Å²) < 4.78 is 0. The predicted octanol–water partition coefficient (Wildman–Crippen LogP) is 2.40. The number of rotatable bonds is 5. The number of benzene rings is 1. The molecule has 0 spiro atoms. The van der Waals surface area contributed by atoms with Gasteiger partial charge < -0.3 is 5.32 Å². The van der Waals surface area contributed by atoms with Gasteiger partial charge in [-0.2, -0.15) is 5.26 Å². The largest absolute Gasteiger partial charge is 0.311 e. The molecular weight excluding hydrogens is 234 g/mol. The third-order valence-electron chi connectivity index (χ3n) is 3.69. The van der Waals surface area contributed by atoms with Gasteiger partial charge in [0.25, 0.3) is 0 Å². The SMILES string of the molecule is CC(C#N)CNC1CCCN(Cc2ccccc2)C1. The van der Waals surface area contributed by atoms with Crippen molar-refractivity contribution in [3.8, 4) is 6.07 Å². The summed E-state index contributed by atoms with van der Waals surface area (Å²) in [5, 5.41) is 12.3. The molecule has 3 nitrogen and oxygen atoms in total. The van der Waals surface area contributed by atoms with Gasteiger partial charge in [-0.1, -0.05) is 30.3 Å². The molecule has 19 heavy (non-hydrogen) atoms. The molecule has 1 aromatic rings. The Kier molecular flexibility index (Phi) is 5.38. The van der Waals surface area contributed by atoms with Gasteiger partial charge in [-0.25, -0.2) is 0 Å². The number of nitriles is 1. The van der Waals surface area contributed by atoms with Gasteiger partial charge in [-0.3, -0.25) is 4.90 Å². The van der Waals surface area contributed by atoms with Gasteiger partial charge in [0.05, 0.1) is 12.0 Å². The Labute approximate surface area is 116 Å². The molecule has 1 N–H and O–H groups in total. The van der Waals surface area contributed by atoms with E-state index in [0.717, 1.165) is 19.6 Å². The van der Waals surface area contributed by atoms with E-state index >= 15 is 0 Å². The average molecular weight is 257 g/mol. The molecule has 1 heterocycles. The van der Waals surface area contributed by atoms with Crippen LogP contribution >= 0.6 is 0 Å². The zero-order valence-corrected chi connectivity index (χ0v) is 11.7. The number of piperidine rings is 1. The van der Waals surface area contributed by atoms with Crippen LogP contribution in [0.1, 0.15) is 25.3 Å². The highest BCUT2D eigenvalue weighted by atomic mass is 15.2. The normalized spacial score (nSPS) is 21.8. The van der Waals surface area contributed by atoms with Crippen LogP contribution in [0.2, 0.25) is 0 Å². The van der Waals surface area contributed by atoms with E-state index < -0.39 is 0 Å². The summed E-state index contributed by atoms with van der Waals surface area (Å²) in [6.45, 7) is 6.08. The Morgan fingerprint density at radius 2 is 2.21 bits per heavy atom. The van der Waals surface area contributed by atoms with E-state index in [4.69, 9.17) is 5.26 Å². The predicted molar refractivity (Wildman–Crippen MR) is 77.5 cm³/mol. The lowest BCUT2D eigenvalue weighted by molar-refractivity contribution is 0.182. The average Bonchev–Trinajstić information content (AvgIpc) is 2.46. The first kappa shape index (κ1) is 14.0. The van der Waals surface area contributed by atoms with Crippen molar-refractivity contribution in [1.29, 1.82) is 5.26 Å². The van der Waals surface area contributed by atoms with Gasteiger partial charge in [0.15, 0.2) is 0 Å². The molecule has 2 rings (SSSR count). The fourth-order valence-corrected chi connectivity index (χ4v) is 2.60. The molecule has 3 heteroatoms. The van der Waals surface area contributed by atoms with Crippen LogP contribution in [0.4, 0.5) is 0 Å². The van der Waals surface area contributed by atoms with E-state index in [0.29, 0.717) is 6.04 Å². The van der Waals surface area contributed by atoms with Crippen molar-refractivity contribution < 1.29 is 0 Å². The summed E-state index contributed by atoms with van der Waals surface area (Å²) in [4.78, 5) is 2.51. The molecule has 1 saturated heterocycles. The summed E-state index contributed by atoms with van der Waals surface area (Å²) >= 11 is 0. The van der Waals surface area contributed by atoms with Crippen molar-refractivity contribution in [3.63, 3.8) is 0 Å². The van der Waals surface area contributed by atoms with Crippen molar-refractivity contribution in [1.82, 2.24) is 10.2 Å². The highest BCUT2D eigenvalue weighted by molar-refractivity contribution is 5.14. The number of hydrogen-bond acceptors (Lipinski definition) is 3. The first-order valence-electron chi connectivity index (χ1n) is 7.17. The minimum absolute atomic E-state index is 0.101. The van der Waals surface area contributed by atoms with Crippen LogP contribution in [0.25, 0.3) is 0 Å². The van der Waals surface area contributed by atoms with E-state index in [2.05, 4.69) is 46.6 Å². The van der Waals surface area contributed by atoms with Crippen LogP contribution < -0.4 is 5.32 Å². The van der Waals surface area contributed by atoms with E-state index in [9.17, 15) is 0 Å². The summed E-state index contributed by atoms with van der Waals surface area (Å²) in [6.07, 6.45) is 2.47. The molecule has 0 aromatic heterocycles. The van der Waals surface area contributed by atoms with Crippen LogP contribution in [-0.4, -0.2) is 30.6 Å². The molecule has 1 aromatic carbocycles. The number of likely N-dealkylation sites (tertiary alicyclic amines) is 1. The van der Waals surface area contributed by atoms with E-state index in [1.165, 1.54) is 24.9 Å². The van der Waals surface area contributed by atoms with Crippen molar-refractivity contribution >= 4 is 0 Å². The Morgan fingerprint density at radius 3 is 2.95 bits per heavy atom. The summed E-state index contributed by atoms with van der Waals surface area (Å²) in [7, 11) is 0. The van der Waals surface area contributed by atoms with Crippen LogP contribution in [0.3, 0.4) is 0 Å². The lowest BCUT2D eigenvalue weighted by Crippen LogP contribution is -2.46. The molecule has 2 unspecified atom stereocenters. The van der Waals surface area contributed by atoms with Crippen LogP contribution in [0, 0.1) is 17.2 Å². The molecule has 0 saturated carbocycles. The number of hydrogen-bond donors (Lipinski definition) is 1. The summed E-state index contributed by atoms with van der Waals surface area (Å²) in [5.41, 5.74) is 1.38. The molecule has 0 aliphatic carbocycles. The quantitative estimate of drug-likeness (QED) is 0.880. The fourth-order valence-electron chi connectivity index (χ4n) is 2.60. The van der Waals surface area contributed by atoms with Gasteiger partial charge in [-0.05, 0) is 31.9 Å². The number of nitrogens with zero attached hydrogens (tertiary/aromatic N) is 2. The Morgan fingerprint density at radius 1 is 1.42 bits per heavy atom. The van der Waals surface area contributed by atoms with Crippen LogP contribution in [0.5, 0.6) is 0 Å². The molecule has 0 bridgehead atoms. The van der Waals surface area contributed by atoms with Crippen molar-refractivity contribution in [2.75, 3.05) is 19.6 Å². The summed E-state index contributed by atoms with van der Waals surface area (Å²) in [5.74, 6) is 0.101. The van der Waals surface area contributed by atoms with Gasteiger partial charge in [-0.15, -0.1) is 0 Å². The smallest absolute Gasteiger partial charge is 0.0666 e. The highest BCUT2D eigenvalue weighted by Gasteiger charge is 2.19. The topological polar surface area (TPSA) is 39.1 Å². The Balaban J connectivity index is 1.79. The van der Waals surface area contributed by atoms with Crippen molar-refractivity contribution in [2.24, 2.45) is 5.92 Å². The molecule has 0 radical (unpaired) electrons. The van der Waals surface area contributed by atoms with Crippen LogP contribution in [0.15, 0.2) is 30.3 Å². The molecule has 1 aliphatic rings. The maximum Gasteiger partial charge on any atom is 0.0666 e. The third-order valence-corrected chi connectivity index (χ3v) is 3.69. The third kappa shape index (κ3) is 4.66. The minimum atomic E-state index is 0.101. The highest BCUT2D eigenvalue weighted by Crippen LogP contribution is 2.13. The molecule has 2 atom stereocenters. The van der Waals surface area contributed by atoms with Crippen LogP contribution in [-0.2, 0) is 6.54 Å². The fraction of sp³-hybridized carbons (Fsp3) is 0.562. The zero-order valence-electron chi connectivity index (χ0n) is 11.7. The van der Waals surface area contributed by atoms with Crippen molar-refractivity contribution in [3.05, 3.63) is 35.9 Å². The van der Waals surface area contributed by atoms with Gasteiger partial charge >= 0.3 is 0 Å². The molecule has 0 amide bonds. The maximum absolute atomic E-state index is 8.81. The second kappa shape index (κ2) is 7.28. The second-order valence-electron chi connectivity index (χ2n) is 5.50. The lowest BCUT2D eigenvalue weighted by Gasteiger charge is -2.33. The standard InChI is InChI=1S/C16H23N3/c1-14(10-17)11-18-16-8-5-9-19(13-16)12-15-6-3-2-4-7-15/h2-4,6-7,14,16,18H,5,8-9,11-13H2,1H3. The molecule has 102 valence electrons. The summed E-state index contributed by atoms with van der Waals surface area (Å²) in [6, 6.07) is 13.5. The Hall–Kier alpha value is -1.37. The Bertz CT molecular complexity index is 410. The van der Waals surface area contributed by atoms with Gasteiger partial charge in [0.1, 0.15) is 0 Å². The second-order valence-corrected chi connectivity index (χ2v) is 5.50. The van der Waals surface area contributed by atoms with E-state index in [-0.39, 0.29) is 5.92 Å². The lowest BCUT2D eigenvalue weighted by atomic mass is 10.0. The van der Waals surface area contributed by atoms with Gasteiger partial charge in [0, 0.05) is 25.7 Å². The first-order chi connectivity index (χ1) is 9.28. The number of nitrogens with one attached hydrogen (secondary N) is 1.